The Labute approximate surface area is 199 Å². The minimum atomic E-state index is -0.877. The number of rotatable bonds is 5. The molecule has 1 amide bonds. The second-order valence-corrected chi connectivity index (χ2v) is 8.42. The van der Waals surface area contributed by atoms with E-state index in [9.17, 15) is 19.1 Å². The lowest BCUT2D eigenvalue weighted by Gasteiger charge is -2.25. The molecule has 2 aliphatic rings. The number of hydrogen-bond acceptors (Lipinski definition) is 5. The van der Waals surface area contributed by atoms with E-state index in [1.807, 2.05) is 12.1 Å². The molecule has 5 rings (SSSR count). The predicted octanol–water partition coefficient (Wildman–Crippen LogP) is 4.87. The molecular formula is C26H19ClFNO5. The number of likely N-dealkylation sites (tertiary alicyclic amines) is 1. The molecule has 0 radical (unpaired) electrons. The molecule has 6 nitrogen and oxygen atoms in total. The third-order valence-electron chi connectivity index (χ3n) is 5.93. The SMILES string of the molecule is O=C1C(=O)N(CCc2ccc(Cl)cc2)C(c2ccc(F)cc2)/C1=C(/O)c1ccc2c(c1)OCO2. The van der Waals surface area contributed by atoms with Crippen molar-refractivity contribution in [3.63, 3.8) is 0 Å². The van der Waals surface area contributed by atoms with Gasteiger partial charge in [0.15, 0.2) is 11.5 Å². The lowest BCUT2D eigenvalue weighted by atomic mass is 9.95. The Hall–Kier alpha value is -3.84. The number of carbonyl (C=O) groups is 2. The van der Waals surface area contributed by atoms with Crippen molar-refractivity contribution in [3.05, 3.63) is 99.8 Å². The highest BCUT2D eigenvalue weighted by molar-refractivity contribution is 6.46. The fourth-order valence-corrected chi connectivity index (χ4v) is 4.33. The quantitative estimate of drug-likeness (QED) is 0.321. The first-order chi connectivity index (χ1) is 16.4. The van der Waals surface area contributed by atoms with E-state index in [0.717, 1.165) is 5.56 Å². The summed E-state index contributed by atoms with van der Waals surface area (Å²) >= 11 is 5.95. The van der Waals surface area contributed by atoms with E-state index in [-0.39, 0.29) is 24.7 Å². The minimum absolute atomic E-state index is 0.0597. The zero-order valence-corrected chi connectivity index (χ0v) is 18.6. The highest BCUT2D eigenvalue weighted by atomic mass is 35.5. The minimum Gasteiger partial charge on any atom is -0.507 e. The smallest absolute Gasteiger partial charge is 0.295 e. The summed E-state index contributed by atoms with van der Waals surface area (Å²) < 4.78 is 24.3. The number of halogens is 2. The van der Waals surface area contributed by atoms with Crippen molar-refractivity contribution >= 4 is 29.1 Å². The number of ether oxygens (including phenoxy) is 2. The van der Waals surface area contributed by atoms with Crippen LogP contribution in [0.1, 0.15) is 22.7 Å². The van der Waals surface area contributed by atoms with Crippen molar-refractivity contribution < 1.29 is 28.6 Å². The molecule has 172 valence electrons. The zero-order valence-electron chi connectivity index (χ0n) is 17.8. The lowest BCUT2D eigenvalue weighted by molar-refractivity contribution is -0.139. The topological polar surface area (TPSA) is 76.1 Å². The van der Waals surface area contributed by atoms with Crippen LogP contribution in [0.3, 0.4) is 0 Å². The average molecular weight is 480 g/mol. The fraction of sp³-hybridized carbons (Fsp3) is 0.154. The Morgan fingerprint density at radius 2 is 1.71 bits per heavy atom. The van der Waals surface area contributed by atoms with Gasteiger partial charge in [-0.05, 0) is 60.0 Å². The van der Waals surface area contributed by atoms with Gasteiger partial charge in [-0.3, -0.25) is 9.59 Å². The van der Waals surface area contributed by atoms with Crippen LogP contribution >= 0.6 is 11.6 Å². The summed E-state index contributed by atoms with van der Waals surface area (Å²) in [4.78, 5) is 27.6. The van der Waals surface area contributed by atoms with Crippen molar-refractivity contribution in [2.45, 2.75) is 12.5 Å². The van der Waals surface area contributed by atoms with E-state index in [2.05, 4.69) is 0 Å². The molecule has 1 atom stereocenters. The number of benzene rings is 3. The number of amides is 1. The lowest BCUT2D eigenvalue weighted by Crippen LogP contribution is -2.31. The Balaban J connectivity index is 1.56. The molecule has 2 heterocycles. The van der Waals surface area contributed by atoms with Crippen molar-refractivity contribution in [2.75, 3.05) is 13.3 Å². The van der Waals surface area contributed by atoms with Crippen molar-refractivity contribution in [1.82, 2.24) is 4.90 Å². The number of fused-ring (bicyclic) bond motifs is 1. The zero-order chi connectivity index (χ0) is 23.8. The Morgan fingerprint density at radius 1 is 1.00 bits per heavy atom. The first kappa shape index (κ1) is 22.0. The molecule has 3 aromatic carbocycles. The molecule has 8 heteroatoms. The summed E-state index contributed by atoms with van der Waals surface area (Å²) in [6.45, 7) is 0.274. The summed E-state index contributed by atoms with van der Waals surface area (Å²) in [5.74, 6) is -1.36. The maximum Gasteiger partial charge on any atom is 0.295 e. The number of aliphatic hydroxyl groups excluding tert-OH is 1. The number of ketones is 1. The number of aliphatic hydroxyl groups is 1. The molecular weight excluding hydrogens is 461 g/mol. The van der Waals surface area contributed by atoms with E-state index < -0.39 is 23.5 Å². The average Bonchev–Trinajstić information content (AvgIpc) is 3.41. The molecule has 1 N–H and O–H groups in total. The third-order valence-corrected chi connectivity index (χ3v) is 6.18. The van der Waals surface area contributed by atoms with E-state index in [1.165, 1.54) is 29.2 Å². The number of nitrogens with zero attached hydrogens (tertiary/aromatic N) is 1. The molecule has 1 unspecified atom stereocenters. The molecule has 0 bridgehead atoms. The first-order valence-corrected chi connectivity index (χ1v) is 11.0. The molecule has 0 aliphatic carbocycles. The van der Waals surface area contributed by atoms with Crippen LogP contribution in [0, 0.1) is 5.82 Å². The van der Waals surface area contributed by atoms with Gasteiger partial charge in [-0.25, -0.2) is 4.39 Å². The predicted molar refractivity (Wildman–Crippen MR) is 123 cm³/mol. The highest BCUT2D eigenvalue weighted by Gasteiger charge is 2.46. The molecule has 1 fully saturated rings. The van der Waals surface area contributed by atoms with Crippen LogP contribution in [0.15, 0.2) is 72.3 Å². The van der Waals surface area contributed by atoms with Gasteiger partial charge in [-0.2, -0.15) is 0 Å². The van der Waals surface area contributed by atoms with Crippen LogP contribution in [0.2, 0.25) is 5.02 Å². The van der Waals surface area contributed by atoms with Crippen LogP contribution in [-0.4, -0.2) is 35.0 Å². The van der Waals surface area contributed by atoms with Gasteiger partial charge in [0.2, 0.25) is 6.79 Å². The normalized spacial score (nSPS) is 18.5. The maximum absolute atomic E-state index is 13.6. The van der Waals surface area contributed by atoms with E-state index in [0.29, 0.717) is 34.1 Å². The van der Waals surface area contributed by atoms with Gasteiger partial charge < -0.3 is 19.5 Å². The van der Waals surface area contributed by atoms with Crippen LogP contribution in [0.4, 0.5) is 4.39 Å². The van der Waals surface area contributed by atoms with Gasteiger partial charge in [0.05, 0.1) is 11.6 Å². The second kappa shape index (κ2) is 8.83. The molecule has 2 aliphatic heterocycles. The van der Waals surface area contributed by atoms with Gasteiger partial charge in [-0.1, -0.05) is 35.9 Å². The molecule has 1 saturated heterocycles. The summed E-state index contributed by atoms with van der Waals surface area (Å²) in [6, 6.07) is 16.6. The number of Topliss-reactive ketones (excluding diaryl/α,β-unsaturated/α-hetero) is 1. The largest absolute Gasteiger partial charge is 0.507 e. The van der Waals surface area contributed by atoms with Crippen LogP contribution in [-0.2, 0) is 16.0 Å². The van der Waals surface area contributed by atoms with Gasteiger partial charge >= 0.3 is 0 Å². The first-order valence-electron chi connectivity index (χ1n) is 10.6. The number of hydrogen-bond donors (Lipinski definition) is 1. The van der Waals surface area contributed by atoms with Crippen molar-refractivity contribution in [3.8, 4) is 11.5 Å². The van der Waals surface area contributed by atoms with Gasteiger partial charge in [-0.15, -0.1) is 0 Å². The van der Waals surface area contributed by atoms with Gasteiger partial charge in [0, 0.05) is 17.1 Å². The monoisotopic (exact) mass is 479 g/mol. The van der Waals surface area contributed by atoms with Crippen molar-refractivity contribution in [2.24, 2.45) is 0 Å². The van der Waals surface area contributed by atoms with E-state index >= 15 is 0 Å². The summed E-state index contributed by atoms with van der Waals surface area (Å²) in [5, 5.41) is 11.8. The standard InChI is InChI=1S/C26H19ClFNO5/c27-18-6-1-15(2-7-18)11-12-29-23(16-3-8-19(28)9-4-16)22(25(31)26(29)32)24(30)17-5-10-20-21(13-17)34-14-33-20/h1-10,13,23,30H,11-12,14H2/b24-22-. The Morgan fingerprint density at radius 3 is 2.44 bits per heavy atom. The van der Waals surface area contributed by atoms with Crippen LogP contribution < -0.4 is 9.47 Å². The maximum atomic E-state index is 13.6. The summed E-state index contributed by atoms with van der Waals surface area (Å²) in [7, 11) is 0. The fourth-order valence-electron chi connectivity index (χ4n) is 4.20. The number of carbonyl (C=O) groups excluding carboxylic acids is 2. The van der Waals surface area contributed by atoms with E-state index in [1.54, 1.807) is 30.3 Å². The second-order valence-electron chi connectivity index (χ2n) is 7.99. The third kappa shape index (κ3) is 3.99. The Kier molecular flexibility index (Phi) is 5.71. The summed E-state index contributed by atoms with van der Waals surface area (Å²) in [6.07, 6.45) is 0.464. The van der Waals surface area contributed by atoms with Gasteiger partial charge in [0.25, 0.3) is 11.7 Å². The molecule has 34 heavy (non-hydrogen) atoms. The summed E-state index contributed by atoms with van der Waals surface area (Å²) in [5.41, 5.74) is 1.69. The van der Waals surface area contributed by atoms with E-state index in [4.69, 9.17) is 21.1 Å². The molecule has 0 spiro atoms. The highest BCUT2D eigenvalue weighted by Crippen LogP contribution is 2.41. The van der Waals surface area contributed by atoms with Gasteiger partial charge in [0.1, 0.15) is 11.6 Å². The molecule has 0 saturated carbocycles. The van der Waals surface area contributed by atoms with Crippen molar-refractivity contribution in [1.29, 1.82) is 0 Å². The molecule has 0 aromatic heterocycles. The Bertz CT molecular complexity index is 1300. The molecule has 3 aromatic rings. The van der Waals surface area contributed by atoms with Crippen LogP contribution in [0.25, 0.3) is 5.76 Å². The van der Waals surface area contributed by atoms with Crippen LogP contribution in [0.5, 0.6) is 11.5 Å².